The van der Waals surface area contributed by atoms with Gasteiger partial charge < -0.3 is 4.90 Å². The molecule has 0 bridgehead atoms. The largest absolute Gasteiger partial charge is 0.318 e. The van der Waals surface area contributed by atoms with E-state index in [9.17, 15) is 9.59 Å². The molecule has 0 fully saturated rings. The summed E-state index contributed by atoms with van der Waals surface area (Å²) in [6.07, 6.45) is 0.720. The molecule has 0 aliphatic rings. The molecule has 0 atom stereocenters. The van der Waals surface area contributed by atoms with Crippen LogP contribution < -0.4 is 4.90 Å². The zero-order valence-electron chi connectivity index (χ0n) is 11.3. The maximum absolute atomic E-state index is 12.4. The third-order valence-electron chi connectivity index (χ3n) is 3.14. The predicted octanol–water partition coefficient (Wildman–Crippen LogP) is 3.47. The van der Waals surface area contributed by atoms with E-state index in [4.69, 9.17) is 11.6 Å². The Labute approximate surface area is 122 Å². The number of aryl methyl sites for hydroxylation is 1. The summed E-state index contributed by atoms with van der Waals surface area (Å²) in [4.78, 5) is 24.5. The number of anilines is 1. The lowest BCUT2D eigenvalue weighted by Gasteiger charge is -2.11. The third kappa shape index (κ3) is 2.89. The Hall–Kier alpha value is -2.13. The zero-order valence-corrected chi connectivity index (χ0v) is 12.0. The van der Waals surface area contributed by atoms with Gasteiger partial charge in [0.1, 0.15) is 0 Å². The minimum atomic E-state index is -0.0784. The predicted molar refractivity (Wildman–Crippen MR) is 80.5 cm³/mol. The van der Waals surface area contributed by atoms with Crippen LogP contribution in [0.3, 0.4) is 0 Å². The lowest BCUT2D eigenvalue weighted by atomic mass is 9.99. The van der Waals surface area contributed by atoms with E-state index in [0.29, 0.717) is 16.1 Å². The van der Waals surface area contributed by atoms with E-state index >= 15 is 0 Å². The van der Waals surface area contributed by atoms with Crippen LogP contribution in [0.25, 0.3) is 0 Å². The summed E-state index contributed by atoms with van der Waals surface area (Å²) < 4.78 is 0. The van der Waals surface area contributed by atoms with Crippen molar-refractivity contribution in [3.8, 4) is 0 Å². The first-order chi connectivity index (χ1) is 9.52. The van der Waals surface area contributed by atoms with Gasteiger partial charge in [-0.3, -0.25) is 9.59 Å². The third-order valence-corrected chi connectivity index (χ3v) is 3.37. The standard InChI is InChI=1S/C16H14ClNO2/c1-11-3-6-13(17)9-15(11)16(20)12-4-7-14(8-5-12)18(2)10-19/h3-10H,1-2H3. The highest BCUT2D eigenvalue weighted by molar-refractivity contribution is 6.31. The molecule has 0 aromatic heterocycles. The Balaban J connectivity index is 2.34. The van der Waals surface area contributed by atoms with Crippen LogP contribution in [0.15, 0.2) is 42.5 Å². The summed E-state index contributed by atoms with van der Waals surface area (Å²) in [5, 5.41) is 0.538. The molecule has 0 aliphatic heterocycles. The van der Waals surface area contributed by atoms with Crippen molar-refractivity contribution in [2.75, 3.05) is 11.9 Å². The van der Waals surface area contributed by atoms with Gasteiger partial charge in [-0.25, -0.2) is 0 Å². The van der Waals surface area contributed by atoms with E-state index in [1.54, 1.807) is 43.4 Å². The molecule has 0 saturated carbocycles. The normalized spacial score (nSPS) is 10.2. The highest BCUT2D eigenvalue weighted by atomic mass is 35.5. The summed E-state index contributed by atoms with van der Waals surface area (Å²) in [5.74, 6) is -0.0784. The fourth-order valence-corrected chi connectivity index (χ4v) is 2.08. The zero-order chi connectivity index (χ0) is 14.7. The summed E-state index contributed by atoms with van der Waals surface area (Å²) in [6.45, 7) is 1.87. The van der Waals surface area contributed by atoms with E-state index in [2.05, 4.69) is 0 Å². The molecule has 0 heterocycles. The Kier molecular flexibility index (Phi) is 4.20. The summed E-state index contributed by atoms with van der Waals surface area (Å²) in [7, 11) is 1.66. The van der Waals surface area contributed by atoms with Gasteiger partial charge in [-0.2, -0.15) is 0 Å². The Morgan fingerprint density at radius 1 is 1.15 bits per heavy atom. The quantitative estimate of drug-likeness (QED) is 0.638. The van der Waals surface area contributed by atoms with Gasteiger partial charge >= 0.3 is 0 Å². The van der Waals surface area contributed by atoms with E-state index in [1.165, 1.54) is 4.90 Å². The van der Waals surface area contributed by atoms with Gasteiger partial charge in [-0.1, -0.05) is 17.7 Å². The summed E-state index contributed by atoms with van der Waals surface area (Å²) >= 11 is 5.94. The van der Waals surface area contributed by atoms with E-state index in [0.717, 1.165) is 17.7 Å². The van der Waals surface area contributed by atoms with Crippen molar-refractivity contribution < 1.29 is 9.59 Å². The van der Waals surface area contributed by atoms with Crippen molar-refractivity contribution in [3.05, 3.63) is 64.2 Å². The fourth-order valence-electron chi connectivity index (χ4n) is 1.90. The van der Waals surface area contributed by atoms with Gasteiger partial charge in [-0.15, -0.1) is 0 Å². The van der Waals surface area contributed by atoms with Crippen LogP contribution in [0.5, 0.6) is 0 Å². The molecule has 2 aromatic carbocycles. The number of amides is 1. The molecular formula is C16H14ClNO2. The minimum absolute atomic E-state index is 0.0784. The molecule has 0 aliphatic carbocycles. The molecule has 0 N–H and O–H groups in total. The highest BCUT2D eigenvalue weighted by Gasteiger charge is 2.12. The molecule has 0 saturated heterocycles. The smallest absolute Gasteiger partial charge is 0.213 e. The van der Waals surface area contributed by atoms with Crippen molar-refractivity contribution >= 4 is 29.5 Å². The van der Waals surface area contributed by atoms with Crippen LogP contribution in [0.1, 0.15) is 21.5 Å². The molecule has 0 unspecified atom stereocenters. The Morgan fingerprint density at radius 3 is 2.40 bits per heavy atom. The molecule has 1 amide bonds. The lowest BCUT2D eigenvalue weighted by Crippen LogP contribution is -2.13. The number of benzene rings is 2. The van der Waals surface area contributed by atoms with Crippen LogP contribution >= 0.6 is 11.6 Å². The van der Waals surface area contributed by atoms with Gasteiger partial charge in [0.15, 0.2) is 5.78 Å². The summed E-state index contributed by atoms with van der Waals surface area (Å²) in [5.41, 5.74) is 2.78. The minimum Gasteiger partial charge on any atom is -0.318 e. The second-order valence-electron chi connectivity index (χ2n) is 4.55. The van der Waals surface area contributed by atoms with Gasteiger partial charge in [0.2, 0.25) is 6.41 Å². The van der Waals surface area contributed by atoms with Crippen molar-refractivity contribution in [1.29, 1.82) is 0 Å². The second-order valence-corrected chi connectivity index (χ2v) is 4.99. The number of hydrogen-bond acceptors (Lipinski definition) is 2. The van der Waals surface area contributed by atoms with Crippen LogP contribution in [0.4, 0.5) is 5.69 Å². The molecule has 0 spiro atoms. The van der Waals surface area contributed by atoms with Gasteiger partial charge in [-0.05, 0) is 48.9 Å². The summed E-state index contributed by atoms with van der Waals surface area (Å²) in [6, 6.07) is 12.1. The number of carbonyl (C=O) groups excluding carboxylic acids is 2. The van der Waals surface area contributed by atoms with Crippen molar-refractivity contribution in [3.63, 3.8) is 0 Å². The first-order valence-corrected chi connectivity index (χ1v) is 6.50. The topological polar surface area (TPSA) is 37.4 Å². The van der Waals surface area contributed by atoms with Gasteiger partial charge in [0.25, 0.3) is 0 Å². The van der Waals surface area contributed by atoms with Gasteiger partial charge in [0.05, 0.1) is 0 Å². The molecule has 3 nitrogen and oxygen atoms in total. The molecular weight excluding hydrogens is 274 g/mol. The molecule has 0 radical (unpaired) electrons. The molecule has 2 aromatic rings. The number of ketones is 1. The van der Waals surface area contributed by atoms with E-state index < -0.39 is 0 Å². The van der Waals surface area contributed by atoms with Crippen LogP contribution in [-0.4, -0.2) is 19.2 Å². The number of hydrogen-bond donors (Lipinski definition) is 0. The Morgan fingerprint density at radius 2 is 1.80 bits per heavy atom. The Bertz CT molecular complexity index is 650. The van der Waals surface area contributed by atoms with Crippen LogP contribution in [0.2, 0.25) is 5.02 Å². The van der Waals surface area contributed by atoms with E-state index in [-0.39, 0.29) is 5.78 Å². The van der Waals surface area contributed by atoms with E-state index in [1.807, 2.05) is 13.0 Å². The van der Waals surface area contributed by atoms with Crippen LogP contribution in [0, 0.1) is 6.92 Å². The van der Waals surface area contributed by atoms with Crippen molar-refractivity contribution in [1.82, 2.24) is 0 Å². The first-order valence-electron chi connectivity index (χ1n) is 6.12. The number of nitrogens with zero attached hydrogens (tertiary/aromatic N) is 1. The lowest BCUT2D eigenvalue weighted by molar-refractivity contribution is -0.107. The van der Waals surface area contributed by atoms with Crippen LogP contribution in [-0.2, 0) is 4.79 Å². The maximum Gasteiger partial charge on any atom is 0.213 e. The van der Waals surface area contributed by atoms with Gasteiger partial charge in [0, 0.05) is 28.9 Å². The molecule has 20 heavy (non-hydrogen) atoms. The highest BCUT2D eigenvalue weighted by Crippen LogP contribution is 2.20. The molecule has 2 rings (SSSR count). The second kappa shape index (κ2) is 5.88. The monoisotopic (exact) mass is 287 g/mol. The fraction of sp³-hybridized carbons (Fsp3) is 0.125. The first kappa shape index (κ1) is 14.3. The number of carbonyl (C=O) groups is 2. The average molecular weight is 288 g/mol. The maximum atomic E-state index is 12.4. The van der Waals surface area contributed by atoms with Crippen molar-refractivity contribution in [2.45, 2.75) is 6.92 Å². The van der Waals surface area contributed by atoms with Crippen molar-refractivity contribution in [2.24, 2.45) is 0 Å². The number of halogens is 1. The molecule has 4 heteroatoms. The SMILES string of the molecule is Cc1ccc(Cl)cc1C(=O)c1ccc(N(C)C=O)cc1. The molecule has 102 valence electrons. The average Bonchev–Trinajstić information content (AvgIpc) is 2.48. The number of rotatable bonds is 4.